The zero-order valence-corrected chi connectivity index (χ0v) is 14.6. The monoisotopic (exact) mass is 404 g/mol. The van der Waals surface area contributed by atoms with Gasteiger partial charge in [-0.05, 0) is 18.2 Å². The Labute approximate surface area is 139 Å². The summed E-state index contributed by atoms with van der Waals surface area (Å²) < 4.78 is 87.3. The number of rotatable bonds is 9. The fourth-order valence-corrected chi connectivity index (χ4v) is 3.52. The molecular formula is C10H16N2O9S3. The summed E-state index contributed by atoms with van der Waals surface area (Å²) >= 11 is 0. The van der Waals surface area contributed by atoms with Gasteiger partial charge < -0.3 is 5.01 Å². The maximum Gasteiger partial charge on any atom is 0.397 e. The van der Waals surface area contributed by atoms with Crippen LogP contribution >= 0.6 is 0 Å². The van der Waals surface area contributed by atoms with Crippen molar-refractivity contribution in [3.05, 3.63) is 24.3 Å². The van der Waals surface area contributed by atoms with Crippen molar-refractivity contribution < 1.29 is 38.5 Å². The molecule has 0 saturated heterocycles. The molecule has 0 amide bonds. The Morgan fingerprint density at radius 3 is 2.21 bits per heavy atom. The van der Waals surface area contributed by atoms with Gasteiger partial charge in [0.1, 0.15) is 0 Å². The smallest absolute Gasteiger partial charge is 0.310 e. The Hall–Kier alpha value is -1.29. The first-order chi connectivity index (χ1) is 10.8. The molecule has 0 aliphatic heterocycles. The molecule has 0 aliphatic carbocycles. The number of hydrazine groups is 1. The molecule has 11 nitrogen and oxygen atoms in total. The van der Waals surface area contributed by atoms with Gasteiger partial charge in [0, 0.05) is 0 Å². The average molecular weight is 404 g/mol. The van der Waals surface area contributed by atoms with E-state index in [4.69, 9.17) is 14.9 Å². The van der Waals surface area contributed by atoms with Crippen molar-refractivity contribution in [1.82, 2.24) is 0 Å². The highest BCUT2D eigenvalue weighted by atomic mass is 32.3. The minimum Gasteiger partial charge on any atom is -0.310 e. The molecule has 4 N–H and O–H groups in total. The number of hydrogen-bond acceptors (Lipinski definition) is 9. The number of nitrogens with two attached hydrogens (primary N) is 1. The van der Waals surface area contributed by atoms with Crippen LogP contribution in [0.1, 0.15) is 0 Å². The second-order valence-electron chi connectivity index (χ2n) is 4.55. The van der Waals surface area contributed by atoms with Crippen molar-refractivity contribution in [3.63, 3.8) is 0 Å². The Morgan fingerprint density at radius 2 is 1.67 bits per heavy atom. The minimum absolute atomic E-state index is 0.162. The summed E-state index contributed by atoms with van der Waals surface area (Å²) in [7, 11) is -12.9. The molecule has 0 radical (unpaired) electrons. The highest BCUT2D eigenvalue weighted by Crippen LogP contribution is 2.19. The molecule has 138 valence electrons. The van der Waals surface area contributed by atoms with E-state index in [1.807, 2.05) is 0 Å². The van der Waals surface area contributed by atoms with Crippen LogP contribution in [-0.2, 0) is 34.5 Å². The Morgan fingerprint density at radius 1 is 1.04 bits per heavy atom. The van der Waals surface area contributed by atoms with Crippen LogP contribution in [0, 0.1) is 0 Å². The summed E-state index contributed by atoms with van der Waals surface area (Å²) in [4.78, 5) is -0.207. The molecule has 1 rings (SSSR count). The predicted octanol–water partition coefficient (Wildman–Crippen LogP) is -1.15. The Kier molecular flexibility index (Phi) is 6.68. The van der Waals surface area contributed by atoms with E-state index in [1.54, 1.807) is 0 Å². The van der Waals surface area contributed by atoms with Crippen molar-refractivity contribution >= 4 is 36.0 Å². The lowest BCUT2D eigenvalue weighted by atomic mass is 10.3. The van der Waals surface area contributed by atoms with E-state index in [2.05, 4.69) is 4.18 Å². The molecule has 0 saturated carbocycles. The number of anilines is 1. The third kappa shape index (κ3) is 7.52. The lowest BCUT2D eigenvalue weighted by molar-refractivity contribution is 0.284. The lowest BCUT2D eigenvalue weighted by Crippen LogP contribution is -2.35. The standard InChI is InChI=1S/C10H16N2O9S3/c11-12(4-6-23(15,16)17)9-2-1-3-10(8-9)22(13,14)7-5-21-24(18,19)20/h1-3,8H,4-7,11H2,(H,15,16,17)(H,18,19,20). The zero-order chi connectivity index (χ0) is 18.6. The largest absolute Gasteiger partial charge is 0.397 e. The molecule has 0 aromatic heterocycles. The molecule has 0 atom stereocenters. The molecule has 0 bridgehead atoms. The van der Waals surface area contributed by atoms with Crippen LogP contribution in [0.25, 0.3) is 0 Å². The number of hydrogen-bond donors (Lipinski definition) is 3. The zero-order valence-electron chi connectivity index (χ0n) is 12.1. The molecule has 0 aliphatic rings. The van der Waals surface area contributed by atoms with Gasteiger partial charge in [0.2, 0.25) is 0 Å². The first kappa shape index (κ1) is 20.8. The van der Waals surface area contributed by atoms with Crippen LogP contribution in [0.5, 0.6) is 0 Å². The van der Waals surface area contributed by atoms with Crippen molar-refractivity contribution in [2.75, 3.05) is 29.7 Å². The second-order valence-corrected chi connectivity index (χ2v) is 9.32. The van der Waals surface area contributed by atoms with E-state index in [1.165, 1.54) is 18.2 Å². The fraction of sp³-hybridized carbons (Fsp3) is 0.400. The number of benzene rings is 1. The molecule has 0 spiro atoms. The van der Waals surface area contributed by atoms with E-state index >= 15 is 0 Å². The molecule has 0 fully saturated rings. The van der Waals surface area contributed by atoms with E-state index in [-0.39, 0.29) is 17.1 Å². The summed E-state index contributed by atoms with van der Waals surface area (Å²) in [6.45, 7) is -1.06. The minimum atomic E-state index is -4.74. The topological polar surface area (TPSA) is 181 Å². The van der Waals surface area contributed by atoms with E-state index < -0.39 is 48.5 Å². The average Bonchev–Trinajstić information content (AvgIpc) is 2.42. The van der Waals surface area contributed by atoms with Crippen molar-refractivity contribution in [2.45, 2.75) is 4.90 Å². The predicted molar refractivity (Wildman–Crippen MR) is 83.9 cm³/mol. The summed E-state index contributed by atoms with van der Waals surface area (Å²) in [5.41, 5.74) is 0.162. The van der Waals surface area contributed by atoms with Crippen molar-refractivity contribution in [2.24, 2.45) is 5.84 Å². The van der Waals surface area contributed by atoms with E-state index in [0.717, 1.165) is 11.1 Å². The molecule has 1 aromatic rings. The number of sulfone groups is 1. The van der Waals surface area contributed by atoms with Crippen LogP contribution < -0.4 is 10.9 Å². The fourth-order valence-electron chi connectivity index (χ4n) is 1.57. The summed E-state index contributed by atoms with van der Waals surface area (Å²) in [6.07, 6.45) is 0. The van der Waals surface area contributed by atoms with Gasteiger partial charge in [0.05, 0.1) is 35.2 Å². The van der Waals surface area contributed by atoms with Crippen molar-refractivity contribution in [3.8, 4) is 0 Å². The highest BCUT2D eigenvalue weighted by Gasteiger charge is 2.18. The van der Waals surface area contributed by atoms with Gasteiger partial charge in [-0.1, -0.05) is 6.07 Å². The molecule has 1 aromatic carbocycles. The highest BCUT2D eigenvalue weighted by molar-refractivity contribution is 7.91. The maximum absolute atomic E-state index is 12.1. The molecule has 0 heterocycles. The SMILES string of the molecule is NN(CCS(=O)(=O)O)c1cccc(S(=O)(=O)CCOS(=O)(=O)O)c1. The number of nitrogens with zero attached hydrogens (tertiary/aromatic N) is 1. The van der Waals surface area contributed by atoms with Gasteiger partial charge >= 0.3 is 10.4 Å². The van der Waals surface area contributed by atoms with Crippen LogP contribution in [-0.4, -0.2) is 59.0 Å². The molecule has 14 heteroatoms. The van der Waals surface area contributed by atoms with Crippen LogP contribution in [0.3, 0.4) is 0 Å². The quantitative estimate of drug-likeness (QED) is 0.257. The Balaban J connectivity index is 2.86. The van der Waals surface area contributed by atoms with Crippen LogP contribution in [0.2, 0.25) is 0 Å². The second kappa shape index (κ2) is 7.73. The maximum atomic E-state index is 12.1. The van der Waals surface area contributed by atoms with E-state index in [0.29, 0.717) is 0 Å². The Bertz CT molecular complexity index is 878. The molecule has 24 heavy (non-hydrogen) atoms. The van der Waals surface area contributed by atoms with Crippen LogP contribution in [0.15, 0.2) is 29.2 Å². The summed E-state index contributed by atoms with van der Waals surface area (Å²) in [5.74, 6) is 4.23. The van der Waals surface area contributed by atoms with Gasteiger partial charge in [0.15, 0.2) is 9.84 Å². The van der Waals surface area contributed by atoms with Gasteiger partial charge in [0.25, 0.3) is 10.1 Å². The summed E-state index contributed by atoms with van der Waals surface area (Å²) in [5, 5.41) is 0.932. The van der Waals surface area contributed by atoms with Gasteiger partial charge in [-0.3, -0.25) is 9.11 Å². The third-order valence-electron chi connectivity index (χ3n) is 2.68. The summed E-state index contributed by atoms with van der Waals surface area (Å²) in [6, 6.07) is 5.13. The molecular weight excluding hydrogens is 388 g/mol. The van der Waals surface area contributed by atoms with Gasteiger partial charge in [-0.2, -0.15) is 16.8 Å². The lowest BCUT2D eigenvalue weighted by Gasteiger charge is -2.18. The first-order valence-electron chi connectivity index (χ1n) is 6.22. The normalized spacial score (nSPS) is 13.0. The van der Waals surface area contributed by atoms with Gasteiger partial charge in [-0.25, -0.2) is 18.4 Å². The first-order valence-corrected chi connectivity index (χ1v) is 10.8. The molecule has 0 unspecified atom stereocenters. The van der Waals surface area contributed by atoms with Gasteiger partial charge in [-0.15, -0.1) is 0 Å². The third-order valence-corrected chi connectivity index (χ3v) is 5.52. The van der Waals surface area contributed by atoms with Crippen molar-refractivity contribution in [1.29, 1.82) is 0 Å². The van der Waals surface area contributed by atoms with Crippen LogP contribution in [0.4, 0.5) is 5.69 Å². The van der Waals surface area contributed by atoms with E-state index in [9.17, 15) is 25.3 Å².